The van der Waals surface area contributed by atoms with E-state index >= 15 is 0 Å². The van der Waals surface area contributed by atoms with Crippen LogP contribution in [-0.2, 0) is 0 Å². The molecule has 1 aromatic rings. The number of halogens is 6. The zero-order chi connectivity index (χ0) is 13.9. The lowest BCUT2D eigenvalue weighted by Gasteiger charge is -2.17. The van der Waals surface area contributed by atoms with Crippen LogP contribution in [0.2, 0.25) is 15.1 Å². The summed E-state index contributed by atoms with van der Waals surface area (Å²) in [6.07, 6.45) is -4.24. The molecule has 0 aliphatic heterocycles. The number of alkyl halides is 3. The normalized spacial score (nSPS) is 13.5. The second-order valence-electron chi connectivity index (χ2n) is 3.67. The van der Waals surface area contributed by atoms with E-state index in [1.165, 1.54) is 12.1 Å². The van der Waals surface area contributed by atoms with E-state index in [4.69, 9.17) is 34.8 Å². The number of hydrogen-bond donors (Lipinski definition) is 2. The van der Waals surface area contributed by atoms with Crippen molar-refractivity contribution in [1.29, 1.82) is 0 Å². The van der Waals surface area contributed by atoms with Gasteiger partial charge in [-0.15, -0.1) is 0 Å². The van der Waals surface area contributed by atoms with Crippen LogP contribution in [-0.4, -0.2) is 12.7 Å². The predicted molar refractivity (Wildman–Crippen MR) is 68.3 cm³/mol. The van der Waals surface area contributed by atoms with Gasteiger partial charge in [0.25, 0.3) is 0 Å². The van der Waals surface area contributed by atoms with Gasteiger partial charge in [0.2, 0.25) is 0 Å². The van der Waals surface area contributed by atoms with E-state index in [0.717, 1.165) is 6.92 Å². The maximum Gasteiger partial charge on any atom is 0.392 e. The Morgan fingerprint density at radius 2 is 1.78 bits per heavy atom. The maximum atomic E-state index is 12.2. The number of hydrazine groups is 1. The second kappa shape index (κ2) is 6.19. The van der Waals surface area contributed by atoms with Gasteiger partial charge in [0, 0.05) is 6.54 Å². The Bertz CT molecular complexity index is 424. The molecule has 0 radical (unpaired) electrons. The van der Waals surface area contributed by atoms with E-state index in [1.54, 1.807) is 0 Å². The molecule has 1 rings (SSSR count). The molecule has 0 aromatic heterocycles. The van der Waals surface area contributed by atoms with Crippen molar-refractivity contribution in [2.75, 3.05) is 12.0 Å². The molecule has 2 N–H and O–H groups in total. The molecule has 8 heteroatoms. The summed E-state index contributed by atoms with van der Waals surface area (Å²) in [6, 6.07) is 3.01. The molecule has 0 spiro atoms. The minimum absolute atomic E-state index is 0.147. The first-order valence-corrected chi connectivity index (χ1v) is 6.06. The Morgan fingerprint density at radius 1 is 1.17 bits per heavy atom. The molecule has 0 aliphatic carbocycles. The fraction of sp³-hybridized carbons (Fsp3) is 0.400. The summed E-state index contributed by atoms with van der Waals surface area (Å²) >= 11 is 17.4. The van der Waals surface area contributed by atoms with E-state index in [2.05, 4.69) is 10.9 Å². The minimum Gasteiger partial charge on any atom is -0.320 e. The number of nitrogens with one attached hydrogen (secondary N) is 2. The summed E-state index contributed by atoms with van der Waals surface area (Å²) in [5.74, 6) is -1.48. The fourth-order valence-corrected chi connectivity index (χ4v) is 1.62. The Labute approximate surface area is 117 Å². The highest BCUT2D eigenvalue weighted by atomic mass is 35.5. The summed E-state index contributed by atoms with van der Waals surface area (Å²) in [4.78, 5) is 0. The molecule has 0 amide bonds. The smallest absolute Gasteiger partial charge is 0.320 e. The summed E-state index contributed by atoms with van der Waals surface area (Å²) in [7, 11) is 0. The molecule has 1 atom stereocenters. The van der Waals surface area contributed by atoms with Gasteiger partial charge < -0.3 is 5.43 Å². The average molecular weight is 322 g/mol. The standard InChI is InChI=1S/C10H10Cl3F3N2/c1-5(10(14,15)16)4-17-18-7-3-2-6(11)8(12)9(7)13/h2-3,5,17-18H,4H2,1H3. The van der Waals surface area contributed by atoms with Crippen LogP contribution in [0.3, 0.4) is 0 Å². The van der Waals surface area contributed by atoms with Gasteiger partial charge in [-0.2, -0.15) is 13.2 Å². The van der Waals surface area contributed by atoms with E-state index in [1.807, 2.05) is 0 Å². The van der Waals surface area contributed by atoms with Gasteiger partial charge in [0.15, 0.2) is 0 Å². The molecule has 1 aromatic carbocycles. The third-order valence-corrected chi connectivity index (χ3v) is 3.52. The van der Waals surface area contributed by atoms with Crippen LogP contribution in [0.1, 0.15) is 6.92 Å². The van der Waals surface area contributed by atoms with Crippen molar-refractivity contribution in [3.8, 4) is 0 Å². The molecular formula is C10H10Cl3F3N2. The van der Waals surface area contributed by atoms with Crippen LogP contribution in [0, 0.1) is 5.92 Å². The molecule has 0 saturated carbocycles. The maximum absolute atomic E-state index is 12.2. The van der Waals surface area contributed by atoms with Crippen molar-refractivity contribution in [1.82, 2.24) is 5.43 Å². The first kappa shape index (κ1) is 15.7. The van der Waals surface area contributed by atoms with Crippen molar-refractivity contribution in [3.63, 3.8) is 0 Å². The number of anilines is 1. The topological polar surface area (TPSA) is 24.1 Å². The van der Waals surface area contributed by atoms with E-state index in [9.17, 15) is 13.2 Å². The van der Waals surface area contributed by atoms with E-state index in [-0.39, 0.29) is 21.6 Å². The molecule has 1 unspecified atom stereocenters. The molecule has 0 aliphatic rings. The molecule has 0 heterocycles. The lowest BCUT2D eigenvalue weighted by Crippen LogP contribution is -2.34. The first-order valence-electron chi connectivity index (χ1n) is 4.92. The van der Waals surface area contributed by atoms with Gasteiger partial charge >= 0.3 is 6.18 Å². The number of hydrogen-bond acceptors (Lipinski definition) is 2. The van der Waals surface area contributed by atoms with Crippen molar-refractivity contribution in [3.05, 3.63) is 27.2 Å². The predicted octanol–water partition coefficient (Wildman–Crippen LogP) is 4.76. The largest absolute Gasteiger partial charge is 0.392 e. The molecular weight excluding hydrogens is 311 g/mol. The summed E-state index contributed by atoms with van der Waals surface area (Å²) in [5, 5.41) is 0.571. The average Bonchev–Trinajstić information content (AvgIpc) is 2.27. The molecule has 2 nitrogen and oxygen atoms in total. The van der Waals surface area contributed by atoms with Crippen molar-refractivity contribution >= 4 is 40.5 Å². The van der Waals surface area contributed by atoms with E-state index < -0.39 is 12.1 Å². The van der Waals surface area contributed by atoms with Crippen LogP contribution in [0.15, 0.2) is 12.1 Å². The molecule has 0 saturated heterocycles. The third-order valence-electron chi connectivity index (χ3n) is 2.23. The summed E-state index contributed by atoms with van der Waals surface area (Å²) in [5.41, 5.74) is 5.36. The van der Waals surface area contributed by atoms with Gasteiger partial charge in [-0.3, -0.25) is 0 Å². The highest BCUT2D eigenvalue weighted by molar-refractivity contribution is 6.49. The van der Waals surface area contributed by atoms with Crippen LogP contribution in [0.5, 0.6) is 0 Å². The minimum atomic E-state index is -4.24. The van der Waals surface area contributed by atoms with Crippen LogP contribution in [0.25, 0.3) is 0 Å². The van der Waals surface area contributed by atoms with Gasteiger partial charge in [0.1, 0.15) is 0 Å². The molecule has 0 fully saturated rings. The Hall–Kier alpha value is -0.360. The quantitative estimate of drug-likeness (QED) is 0.617. The second-order valence-corrected chi connectivity index (χ2v) is 4.83. The zero-order valence-electron chi connectivity index (χ0n) is 9.21. The first-order chi connectivity index (χ1) is 8.23. The molecule has 18 heavy (non-hydrogen) atoms. The van der Waals surface area contributed by atoms with Crippen LogP contribution < -0.4 is 10.9 Å². The van der Waals surface area contributed by atoms with E-state index in [0.29, 0.717) is 5.69 Å². The summed E-state index contributed by atoms with van der Waals surface area (Å²) in [6.45, 7) is 0.783. The third kappa shape index (κ3) is 4.09. The van der Waals surface area contributed by atoms with Gasteiger partial charge in [-0.05, 0) is 12.1 Å². The van der Waals surface area contributed by atoms with Crippen molar-refractivity contribution in [2.45, 2.75) is 13.1 Å². The number of rotatable bonds is 4. The Kier molecular flexibility index (Phi) is 5.40. The SMILES string of the molecule is CC(CNNc1ccc(Cl)c(Cl)c1Cl)C(F)(F)F. The van der Waals surface area contributed by atoms with Crippen molar-refractivity contribution < 1.29 is 13.2 Å². The Morgan fingerprint density at radius 3 is 2.33 bits per heavy atom. The summed E-state index contributed by atoms with van der Waals surface area (Å²) < 4.78 is 36.7. The zero-order valence-corrected chi connectivity index (χ0v) is 11.5. The van der Waals surface area contributed by atoms with Crippen molar-refractivity contribution in [2.24, 2.45) is 5.92 Å². The van der Waals surface area contributed by atoms with Gasteiger partial charge in [-0.1, -0.05) is 41.7 Å². The molecule has 102 valence electrons. The van der Waals surface area contributed by atoms with Gasteiger partial charge in [0.05, 0.1) is 26.7 Å². The highest BCUT2D eigenvalue weighted by Gasteiger charge is 2.35. The van der Waals surface area contributed by atoms with Crippen LogP contribution in [0.4, 0.5) is 18.9 Å². The fourth-order valence-electron chi connectivity index (χ4n) is 1.04. The lowest BCUT2D eigenvalue weighted by molar-refractivity contribution is -0.167. The van der Waals surface area contributed by atoms with Crippen LogP contribution >= 0.6 is 34.8 Å². The monoisotopic (exact) mass is 320 g/mol. The lowest BCUT2D eigenvalue weighted by atomic mass is 10.2. The molecule has 0 bridgehead atoms. The Balaban J connectivity index is 2.58. The highest BCUT2D eigenvalue weighted by Crippen LogP contribution is 2.35. The number of benzene rings is 1. The van der Waals surface area contributed by atoms with Gasteiger partial charge in [-0.25, -0.2) is 5.43 Å².